The highest BCUT2D eigenvalue weighted by atomic mass is 79.9. The van der Waals surface area contributed by atoms with Gasteiger partial charge in [-0.1, -0.05) is 114 Å². The maximum Gasteiger partial charge on any atom is 0.0294 e. The Balaban J connectivity index is 0.000000251. The van der Waals surface area contributed by atoms with Gasteiger partial charge >= 0.3 is 0 Å². The van der Waals surface area contributed by atoms with Gasteiger partial charge in [0.1, 0.15) is 0 Å². The zero-order chi connectivity index (χ0) is 19.4. The molecule has 25 heavy (non-hydrogen) atoms. The van der Waals surface area contributed by atoms with E-state index in [9.17, 15) is 0 Å². The molecular weight excluding hydrogens is 504 g/mol. The molecule has 0 unspecified atom stereocenters. The summed E-state index contributed by atoms with van der Waals surface area (Å²) in [6, 6.07) is 13.1. The lowest BCUT2D eigenvalue weighted by Gasteiger charge is -2.19. The summed E-state index contributed by atoms with van der Waals surface area (Å²) >= 11 is 10.6. The summed E-state index contributed by atoms with van der Waals surface area (Å²) in [7, 11) is 0. The molecule has 138 valence electrons. The summed E-state index contributed by atoms with van der Waals surface area (Å²) < 4.78 is 2.40. The lowest BCUT2D eigenvalue weighted by molar-refractivity contribution is 0.589. The Morgan fingerprint density at radius 1 is 0.720 bits per heavy atom. The normalized spacial score (nSPS) is 11.8. The molecule has 0 aliphatic rings. The molecule has 0 atom stereocenters. The number of aryl methyl sites for hydroxylation is 1. The van der Waals surface area contributed by atoms with Crippen molar-refractivity contribution in [2.75, 3.05) is 0 Å². The Morgan fingerprint density at radius 3 is 1.52 bits per heavy atom. The van der Waals surface area contributed by atoms with Crippen molar-refractivity contribution in [1.82, 2.24) is 0 Å². The van der Waals surface area contributed by atoms with Crippen LogP contribution in [0.15, 0.2) is 45.3 Å². The Hall–Kier alpha value is -0.120. The fraction of sp³-hybridized carbons (Fsp3) is 0.455. The minimum absolute atomic E-state index is 0.230. The van der Waals surface area contributed by atoms with Gasteiger partial charge in [-0.3, -0.25) is 0 Å². The quantitative estimate of drug-likeness (QED) is 0.322. The number of rotatable bonds is 1. The molecule has 2 rings (SSSR count). The second kappa shape index (κ2) is 9.19. The summed E-state index contributed by atoms with van der Waals surface area (Å²) in [5.74, 6) is 0. The number of alkyl halides is 1. The van der Waals surface area contributed by atoms with Gasteiger partial charge in [-0.2, -0.15) is 0 Å². The van der Waals surface area contributed by atoms with Crippen molar-refractivity contribution in [3.8, 4) is 0 Å². The average Bonchev–Trinajstić information content (AvgIpc) is 2.48. The largest absolute Gasteiger partial charge is 0.0876 e. The third kappa shape index (κ3) is 7.19. The van der Waals surface area contributed by atoms with Crippen molar-refractivity contribution in [2.24, 2.45) is 0 Å². The smallest absolute Gasteiger partial charge is 0.0294 e. The first kappa shape index (κ1) is 22.9. The molecule has 2 aromatic carbocycles. The Bertz CT molecular complexity index is 704. The molecule has 0 amide bonds. The summed E-state index contributed by atoms with van der Waals surface area (Å²) in [6.45, 7) is 15.5. The highest BCUT2D eigenvalue weighted by Gasteiger charge is 2.14. The van der Waals surface area contributed by atoms with Crippen molar-refractivity contribution in [3.05, 3.63) is 67.6 Å². The van der Waals surface area contributed by atoms with Gasteiger partial charge in [-0.25, -0.2) is 0 Å². The first-order valence-electron chi connectivity index (χ1n) is 8.47. The third-order valence-electron chi connectivity index (χ3n) is 4.10. The highest BCUT2D eigenvalue weighted by Crippen LogP contribution is 2.28. The van der Waals surface area contributed by atoms with E-state index in [-0.39, 0.29) is 10.8 Å². The lowest BCUT2D eigenvalue weighted by atomic mass is 9.87. The van der Waals surface area contributed by atoms with Gasteiger partial charge in [0, 0.05) is 14.3 Å². The van der Waals surface area contributed by atoms with E-state index in [2.05, 4.69) is 133 Å². The fourth-order valence-electron chi connectivity index (χ4n) is 2.18. The molecule has 0 spiro atoms. The fourth-order valence-corrected chi connectivity index (χ4v) is 3.94. The first-order chi connectivity index (χ1) is 11.4. The standard InChI is InChI=1S/C11H14Br2.C11H15Br/c1-11(2,3)9-5-4-8(7-12)10(13)6-9;1-8-5-6-9(7-10(8)12)11(2,3)4/h4-6H,7H2,1-3H3;5-7H,1-4H3. The zero-order valence-corrected chi connectivity index (χ0v) is 21.1. The topological polar surface area (TPSA) is 0 Å². The second-order valence-corrected chi connectivity index (χ2v) is 10.7. The maximum absolute atomic E-state index is 3.57. The van der Waals surface area contributed by atoms with Crippen LogP contribution in [0.2, 0.25) is 0 Å². The monoisotopic (exact) mass is 530 g/mol. The highest BCUT2D eigenvalue weighted by molar-refractivity contribution is 9.11. The zero-order valence-electron chi connectivity index (χ0n) is 16.3. The minimum atomic E-state index is 0.230. The van der Waals surface area contributed by atoms with Crippen LogP contribution in [0.1, 0.15) is 63.8 Å². The number of hydrogen-bond donors (Lipinski definition) is 0. The lowest BCUT2D eigenvalue weighted by Crippen LogP contribution is -2.10. The Kier molecular flexibility index (Phi) is 8.43. The van der Waals surface area contributed by atoms with E-state index in [0.717, 1.165) is 5.33 Å². The van der Waals surface area contributed by atoms with Crippen molar-refractivity contribution in [1.29, 1.82) is 0 Å². The molecule has 0 fully saturated rings. The molecule has 0 N–H and O–H groups in total. The van der Waals surface area contributed by atoms with E-state index in [0.29, 0.717) is 0 Å². The summed E-state index contributed by atoms with van der Waals surface area (Å²) in [5.41, 5.74) is 5.81. The van der Waals surface area contributed by atoms with Gasteiger partial charge in [0.15, 0.2) is 0 Å². The average molecular weight is 533 g/mol. The molecule has 3 heteroatoms. The van der Waals surface area contributed by atoms with Crippen LogP contribution < -0.4 is 0 Å². The van der Waals surface area contributed by atoms with Crippen molar-refractivity contribution in [3.63, 3.8) is 0 Å². The summed E-state index contributed by atoms with van der Waals surface area (Å²) in [4.78, 5) is 0. The van der Waals surface area contributed by atoms with E-state index in [4.69, 9.17) is 0 Å². The molecule has 0 saturated carbocycles. The van der Waals surface area contributed by atoms with Crippen LogP contribution in [0.4, 0.5) is 0 Å². The van der Waals surface area contributed by atoms with Crippen LogP contribution in [-0.2, 0) is 16.2 Å². The van der Waals surface area contributed by atoms with Gasteiger partial charge in [0.25, 0.3) is 0 Å². The summed E-state index contributed by atoms with van der Waals surface area (Å²) in [5, 5.41) is 0.901. The molecule has 0 heterocycles. The second-order valence-electron chi connectivity index (χ2n) is 8.40. The Labute approximate surface area is 179 Å². The molecule has 0 radical (unpaired) electrons. The number of benzene rings is 2. The van der Waals surface area contributed by atoms with Gasteiger partial charge in [0.05, 0.1) is 0 Å². The maximum atomic E-state index is 3.57. The predicted octanol–water partition coefficient (Wildman–Crippen LogP) is 8.70. The SMILES string of the molecule is CC(C)(C)c1ccc(CBr)c(Br)c1.Cc1ccc(C(C)(C)C)cc1Br. The van der Waals surface area contributed by atoms with Gasteiger partial charge in [-0.15, -0.1) is 0 Å². The molecule has 0 aromatic heterocycles. The first-order valence-corrected chi connectivity index (χ1v) is 11.2. The van der Waals surface area contributed by atoms with E-state index >= 15 is 0 Å². The van der Waals surface area contributed by atoms with Crippen molar-refractivity contribution < 1.29 is 0 Å². The molecule has 0 bridgehead atoms. The van der Waals surface area contributed by atoms with E-state index in [1.165, 1.54) is 31.2 Å². The van der Waals surface area contributed by atoms with Crippen LogP contribution in [-0.4, -0.2) is 0 Å². The van der Waals surface area contributed by atoms with Crippen LogP contribution in [0, 0.1) is 6.92 Å². The van der Waals surface area contributed by atoms with Crippen LogP contribution in [0.3, 0.4) is 0 Å². The van der Waals surface area contributed by atoms with Crippen LogP contribution in [0.25, 0.3) is 0 Å². The third-order valence-corrected chi connectivity index (χ3v) is 6.30. The molecule has 0 nitrogen and oxygen atoms in total. The molecule has 0 aliphatic carbocycles. The number of hydrogen-bond acceptors (Lipinski definition) is 0. The molecule has 0 saturated heterocycles. The minimum Gasteiger partial charge on any atom is -0.0876 e. The number of halogens is 3. The molecular formula is C22H29Br3. The van der Waals surface area contributed by atoms with E-state index < -0.39 is 0 Å². The molecule has 0 aliphatic heterocycles. The van der Waals surface area contributed by atoms with E-state index in [1.54, 1.807) is 0 Å². The van der Waals surface area contributed by atoms with Gasteiger partial charge in [-0.05, 0) is 52.1 Å². The van der Waals surface area contributed by atoms with Gasteiger partial charge in [0.2, 0.25) is 0 Å². The molecule has 2 aromatic rings. The van der Waals surface area contributed by atoms with E-state index in [1.807, 2.05) is 0 Å². The predicted molar refractivity (Wildman–Crippen MR) is 123 cm³/mol. The van der Waals surface area contributed by atoms with Gasteiger partial charge < -0.3 is 0 Å². The van der Waals surface area contributed by atoms with Crippen molar-refractivity contribution >= 4 is 47.8 Å². The Morgan fingerprint density at radius 2 is 1.16 bits per heavy atom. The van der Waals surface area contributed by atoms with Crippen LogP contribution >= 0.6 is 47.8 Å². The summed E-state index contributed by atoms with van der Waals surface area (Å²) in [6.07, 6.45) is 0. The van der Waals surface area contributed by atoms with Crippen LogP contribution in [0.5, 0.6) is 0 Å². The van der Waals surface area contributed by atoms with Crippen molar-refractivity contribution in [2.45, 2.75) is 64.6 Å².